The maximum absolute atomic E-state index is 12.0. The number of aromatic amines is 1. The molecule has 4 N–H and O–H groups in total. The van der Waals surface area contributed by atoms with Gasteiger partial charge in [0.05, 0.1) is 18.6 Å². The summed E-state index contributed by atoms with van der Waals surface area (Å²) in [6.45, 7) is 1.83. The average Bonchev–Trinajstić information content (AvgIpc) is 2.47. The molecular weight excluding hydrogens is 340 g/mol. The van der Waals surface area contributed by atoms with E-state index in [-0.39, 0.29) is 28.2 Å². The number of halogens is 1. The Bertz CT molecular complexity index is 794. The number of nitrogens with zero attached hydrogens (tertiary/aromatic N) is 1. The van der Waals surface area contributed by atoms with Crippen LogP contribution in [0.25, 0.3) is 0 Å². The third kappa shape index (κ3) is 4.64. The molecule has 0 saturated carbocycles. The van der Waals surface area contributed by atoms with Crippen molar-refractivity contribution < 1.29 is 9.53 Å². The summed E-state index contributed by atoms with van der Waals surface area (Å²) in [5, 5.41) is 3.57. The van der Waals surface area contributed by atoms with E-state index in [1.54, 1.807) is 12.1 Å². The van der Waals surface area contributed by atoms with Crippen molar-refractivity contribution in [1.82, 2.24) is 9.97 Å². The van der Waals surface area contributed by atoms with Gasteiger partial charge in [0.25, 0.3) is 5.56 Å². The molecular formula is C14H15ClN4O3S. The predicted molar refractivity (Wildman–Crippen MR) is 91.4 cm³/mol. The molecule has 0 aliphatic heterocycles. The van der Waals surface area contributed by atoms with Gasteiger partial charge in [0, 0.05) is 17.2 Å². The molecule has 1 aromatic heterocycles. The lowest BCUT2D eigenvalue weighted by Crippen LogP contribution is -2.16. The Balaban J connectivity index is 2.05. The fourth-order valence-corrected chi connectivity index (χ4v) is 2.61. The number of rotatable bonds is 5. The maximum atomic E-state index is 12.0. The first-order chi connectivity index (χ1) is 10.9. The SMILES string of the molecule is COc1cc(Cl)c(C)cc1NC(=O)CSc1nc(N)cc(=O)[nH]1. The molecule has 0 aliphatic carbocycles. The summed E-state index contributed by atoms with van der Waals surface area (Å²) in [6, 6.07) is 4.53. The predicted octanol–water partition coefficient (Wildman–Crippen LogP) is 2.05. The van der Waals surface area contributed by atoms with Crippen LogP contribution in [0.2, 0.25) is 5.02 Å². The fourth-order valence-electron chi connectivity index (χ4n) is 1.77. The number of ether oxygens (including phenoxy) is 1. The van der Waals surface area contributed by atoms with Crippen molar-refractivity contribution >= 4 is 40.8 Å². The summed E-state index contributed by atoms with van der Waals surface area (Å²) in [4.78, 5) is 29.8. The van der Waals surface area contributed by atoms with Crippen LogP contribution in [0.5, 0.6) is 5.75 Å². The number of anilines is 2. The quantitative estimate of drug-likeness (QED) is 0.560. The standard InChI is InChI=1S/C14H15ClN4O3S/c1-7-3-9(10(22-2)4-8(7)15)17-13(21)6-23-14-18-11(16)5-12(20)19-14/h3-5H,6H2,1-2H3,(H,17,21)(H3,16,18,19,20). The number of benzene rings is 1. The topological polar surface area (TPSA) is 110 Å². The lowest BCUT2D eigenvalue weighted by Gasteiger charge is -2.12. The monoisotopic (exact) mass is 354 g/mol. The Labute approximate surface area is 141 Å². The van der Waals surface area contributed by atoms with Crippen molar-refractivity contribution in [2.45, 2.75) is 12.1 Å². The number of methoxy groups -OCH3 is 1. The number of thioether (sulfide) groups is 1. The Hall–Kier alpha value is -2.19. The summed E-state index contributed by atoms with van der Waals surface area (Å²) in [5.41, 5.74) is 6.46. The molecule has 23 heavy (non-hydrogen) atoms. The maximum Gasteiger partial charge on any atom is 0.253 e. The van der Waals surface area contributed by atoms with Crippen LogP contribution < -0.4 is 21.3 Å². The smallest absolute Gasteiger partial charge is 0.253 e. The molecule has 2 rings (SSSR count). The summed E-state index contributed by atoms with van der Waals surface area (Å²) < 4.78 is 5.19. The second kappa shape index (κ2) is 7.38. The summed E-state index contributed by atoms with van der Waals surface area (Å²) in [7, 11) is 1.49. The molecule has 0 fully saturated rings. The fraction of sp³-hybridized carbons (Fsp3) is 0.214. The highest BCUT2D eigenvalue weighted by atomic mass is 35.5. The van der Waals surface area contributed by atoms with E-state index in [2.05, 4.69) is 15.3 Å². The van der Waals surface area contributed by atoms with Crippen molar-refractivity contribution in [3.63, 3.8) is 0 Å². The minimum Gasteiger partial charge on any atom is -0.495 e. The van der Waals surface area contributed by atoms with Gasteiger partial charge in [0.15, 0.2) is 5.16 Å². The highest BCUT2D eigenvalue weighted by Gasteiger charge is 2.11. The summed E-state index contributed by atoms with van der Waals surface area (Å²) >= 11 is 7.09. The Kier molecular flexibility index (Phi) is 5.51. The number of carbonyl (C=O) groups is 1. The van der Waals surface area contributed by atoms with Gasteiger partial charge in [-0.1, -0.05) is 23.4 Å². The molecule has 2 aromatic rings. The van der Waals surface area contributed by atoms with Gasteiger partial charge < -0.3 is 20.8 Å². The van der Waals surface area contributed by atoms with E-state index in [1.165, 1.54) is 13.2 Å². The largest absolute Gasteiger partial charge is 0.495 e. The normalized spacial score (nSPS) is 10.4. The lowest BCUT2D eigenvalue weighted by atomic mass is 10.2. The third-order valence-electron chi connectivity index (χ3n) is 2.83. The average molecular weight is 355 g/mol. The molecule has 0 spiro atoms. The highest BCUT2D eigenvalue weighted by Crippen LogP contribution is 2.31. The van der Waals surface area contributed by atoms with Gasteiger partial charge in [0.2, 0.25) is 5.91 Å². The molecule has 9 heteroatoms. The van der Waals surface area contributed by atoms with Crippen molar-refractivity contribution in [3.05, 3.63) is 39.1 Å². The van der Waals surface area contributed by atoms with Crippen molar-refractivity contribution in [2.24, 2.45) is 0 Å². The van der Waals surface area contributed by atoms with Crippen LogP contribution in [0.3, 0.4) is 0 Å². The zero-order valence-electron chi connectivity index (χ0n) is 12.5. The molecule has 122 valence electrons. The molecule has 1 amide bonds. The van der Waals surface area contributed by atoms with Gasteiger partial charge in [-0.25, -0.2) is 4.98 Å². The second-order valence-corrected chi connectivity index (χ2v) is 5.99. The van der Waals surface area contributed by atoms with Crippen molar-refractivity contribution in [1.29, 1.82) is 0 Å². The lowest BCUT2D eigenvalue weighted by molar-refractivity contribution is -0.113. The van der Waals surface area contributed by atoms with Gasteiger partial charge in [-0.15, -0.1) is 0 Å². The highest BCUT2D eigenvalue weighted by molar-refractivity contribution is 7.99. The Morgan fingerprint density at radius 2 is 2.22 bits per heavy atom. The Morgan fingerprint density at radius 3 is 2.87 bits per heavy atom. The number of amides is 1. The molecule has 1 aromatic carbocycles. The molecule has 0 aliphatic rings. The van der Waals surface area contributed by atoms with Crippen LogP contribution >= 0.6 is 23.4 Å². The van der Waals surface area contributed by atoms with E-state index in [0.717, 1.165) is 17.3 Å². The van der Waals surface area contributed by atoms with E-state index in [9.17, 15) is 9.59 Å². The van der Waals surface area contributed by atoms with E-state index in [0.29, 0.717) is 16.5 Å². The van der Waals surface area contributed by atoms with Crippen molar-refractivity contribution in [3.8, 4) is 5.75 Å². The minimum absolute atomic E-state index is 0.0528. The number of aryl methyl sites for hydroxylation is 1. The second-order valence-electron chi connectivity index (χ2n) is 4.61. The molecule has 0 radical (unpaired) electrons. The van der Waals surface area contributed by atoms with Gasteiger partial charge in [0.1, 0.15) is 11.6 Å². The number of nitrogens with one attached hydrogen (secondary N) is 2. The van der Waals surface area contributed by atoms with Crippen LogP contribution in [-0.2, 0) is 4.79 Å². The van der Waals surface area contributed by atoms with Crippen LogP contribution in [0.4, 0.5) is 11.5 Å². The summed E-state index contributed by atoms with van der Waals surface area (Å²) in [6.07, 6.45) is 0. The molecule has 1 heterocycles. The van der Waals surface area contributed by atoms with Gasteiger partial charge in [-0.3, -0.25) is 9.59 Å². The number of nitrogens with two attached hydrogens (primary N) is 1. The number of H-pyrrole nitrogens is 1. The number of carbonyl (C=O) groups excluding carboxylic acids is 1. The molecule has 0 unspecified atom stereocenters. The van der Waals surface area contributed by atoms with Gasteiger partial charge >= 0.3 is 0 Å². The van der Waals surface area contributed by atoms with E-state index in [1.807, 2.05) is 6.92 Å². The van der Waals surface area contributed by atoms with Crippen LogP contribution in [0.15, 0.2) is 28.2 Å². The first-order valence-electron chi connectivity index (χ1n) is 6.52. The molecule has 0 saturated heterocycles. The van der Waals surface area contributed by atoms with Crippen molar-refractivity contribution in [2.75, 3.05) is 23.9 Å². The Morgan fingerprint density at radius 1 is 1.48 bits per heavy atom. The zero-order valence-corrected chi connectivity index (χ0v) is 14.0. The van der Waals surface area contributed by atoms with Crippen LogP contribution in [-0.4, -0.2) is 28.7 Å². The number of hydrogen-bond donors (Lipinski definition) is 3. The zero-order chi connectivity index (χ0) is 17.0. The minimum atomic E-state index is -0.365. The number of aromatic nitrogens is 2. The van der Waals surface area contributed by atoms with Crippen LogP contribution in [0, 0.1) is 6.92 Å². The first-order valence-corrected chi connectivity index (χ1v) is 7.89. The van der Waals surface area contributed by atoms with E-state index < -0.39 is 0 Å². The van der Waals surface area contributed by atoms with E-state index in [4.69, 9.17) is 22.1 Å². The van der Waals surface area contributed by atoms with Crippen LogP contribution in [0.1, 0.15) is 5.56 Å². The number of nitrogen functional groups attached to an aromatic ring is 1. The van der Waals surface area contributed by atoms with Gasteiger partial charge in [-0.05, 0) is 18.6 Å². The van der Waals surface area contributed by atoms with Gasteiger partial charge in [-0.2, -0.15) is 0 Å². The summed E-state index contributed by atoms with van der Waals surface area (Å²) in [5.74, 6) is 0.346. The number of hydrogen-bond acceptors (Lipinski definition) is 6. The molecule has 0 atom stereocenters. The van der Waals surface area contributed by atoms with E-state index >= 15 is 0 Å². The first kappa shape index (κ1) is 17.2. The molecule has 0 bridgehead atoms. The third-order valence-corrected chi connectivity index (χ3v) is 4.12. The molecule has 7 nitrogen and oxygen atoms in total.